The molecule has 33 heavy (non-hydrogen) atoms. The van der Waals surface area contributed by atoms with Gasteiger partial charge in [0.05, 0.1) is 24.8 Å². The van der Waals surface area contributed by atoms with Crippen molar-refractivity contribution in [3.05, 3.63) is 83.7 Å². The number of ether oxygens (including phenoxy) is 3. The van der Waals surface area contributed by atoms with Gasteiger partial charge in [-0.15, -0.1) is 0 Å². The zero-order valence-corrected chi connectivity index (χ0v) is 18.6. The highest BCUT2D eigenvalue weighted by atomic mass is 16.7. The molecule has 0 saturated heterocycles. The molecule has 0 bridgehead atoms. The Balaban J connectivity index is 1.47. The van der Waals surface area contributed by atoms with Crippen LogP contribution in [-0.2, 0) is 15.9 Å². The second kappa shape index (κ2) is 13.0. The Morgan fingerprint density at radius 2 is 1.79 bits per heavy atom. The molecule has 0 aliphatic heterocycles. The number of methoxy groups -OCH3 is 1. The van der Waals surface area contributed by atoms with E-state index in [0.717, 1.165) is 16.7 Å². The molecular weight excluding hydrogens is 418 g/mol. The van der Waals surface area contributed by atoms with Gasteiger partial charge in [0.1, 0.15) is 5.75 Å². The molecule has 0 radical (unpaired) electrons. The van der Waals surface area contributed by atoms with Crippen LogP contribution in [0.4, 0.5) is 0 Å². The Bertz CT molecular complexity index is 1060. The summed E-state index contributed by atoms with van der Waals surface area (Å²) in [6, 6.07) is 18.9. The average molecular weight is 446 g/mol. The van der Waals surface area contributed by atoms with E-state index in [0.29, 0.717) is 49.5 Å². The Morgan fingerprint density at radius 1 is 1.03 bits per heavy atom. The topological polar surface area (TPSA) is 93.5 Å². The molecule has 0 unspecified atom stereocenters. The van der Waals surface area contributed by atoms with Crippen LogP contribution in [0.2, 0.25) is 0 Å². The largest absolute Gasteiger partial charge is 0.468 e. The van der Waals surface area contributed by atoms with Crippen molar-refractivity contribution < 1.29 is 19.0 Å². The normalized spacial score (nSPS) is 10.4. The molecule has 7 nitrogen and oxygen atoms in total. The van der Waals surface area contributed by atoms with Gasteiger partial charge in [0, 0.05) is 31.6 Å². The third-order valence-electron chi connectivity index (χ3n) is 5.01. The van der Waals surface area contributed by atoms with Gasteiger partial charge < -0.3 is 19.5 Å². The number of carbonyl (C=O) groups is 1. The summed E-state index contributed by atoms with van der Waals surface area (Å²) in [7, 11) is 1.61. The Kier molecular flexibility index (Phi) is 9.40. The number of aryl methyl sites for hydroxylation is 1. The molecule has 3 rings (SSSR count). The van der Waals surface area contributed by atoms with Gasteiger partial charge in [-0.2, -0.15) is 5.26 Å². The Morgan fingerprint density at radius 3 is 2.52 bits per heavy atom. The molecule has 0 atom stereocenters. The summed E-state index contributed by atoms with van der Waals surface area (Å²) < 4.78 is 15.8. The van der Waals surface area contributed by atoms with Crippen molar-refractivity contribution in [1.29, 1.82) is 5.26 Å². The third kappa shape index (κ3) is 7.42. The molecule has 0 fully saturated rings. The first-order valence-electron chi connectivity index (χ1n) is 10.7. The summed E-state index contributed by atoms with van der Waals surface area (Å²) in [5, 5.41) is 12.3. The van der Waals surface area contributed by atoms with Crippen molar-refractivity contribution in [2.24, 2.45) is 0 Å². The maximum absolute atomic E-state index is 12.5. The van der Waals surface area contributed by atoms with Crippen LogP contribution in [0.5, 0.6) is 5.75 Å². The SMILES string of the molecule is COCCOCOc1ccc(C#N)c(CCCNC(=O)c2ccc(-c3ccncc3)cc2)c1. The number of nitriles is 1. The minimum atomic E-state index is -0.123. The lowest BCUT2D eigenvalue weighted by atomic mass is 10.0. The first kappa shape index (κ1) is 23.9. The summed E-state index contributed by atoms with van der Waals surface area (Å²) in [4.78, 5) is 16.5. The molecular formula is C26H27N3O4. The maximum Gasteiger partial charge on any atom is 0.251 e. The van der Waals surface area contributed by atoms with Crippen LogP contribution < -0.4 is 10.1 Å². The number of hydrogen-bond donors (Lipinski definition) is 1. The van der Waals surface area contributed by atoms with Gasteiger partial charge in [0.15, 0.2) is 6.79 Å². The molecule has 0 aliphatic carbocycles. The van der Waals surface area contributed by atoms with Crippen LogP contribution in [0.15, 0.2) is 67.0 Å². The van der Waals surface area contributed by atoms with Gasteiger partial charge in [-0.25, -0.2) is 0 Å². The van der Waals surface area contributed by atoms with E-state index < -0.39 is 0 Å². The lowest BCUT2D eigenvalue weighted by Crippen LogP contribution is -2.24. The zero-order chi connectivity index (χ0) is 23.3. The van der Waals surface area contributed by atoms with Crippen molar-refractivity contribution >= 4 is 5.91 Å². The zero-order valence-electron chi connectivity index (χ0n) is 18.6. The second-order valence-electron chi connectivity index (χ2n) is 7.27. The number of carbonyl (C=O) groups excluding carboxylic acids is 1. The molecule has 1 N–H and O–H groups in total. The van der Waals surface area contributed by atoms with Gasteiger partial charge in [-0.05, 0) is 72.0 Å². The summed E-state index contributed by atoms with van der Waals surface area (Å²) in [5.74, 6) is 0.516. The first-order valence-corrected chi connectivity index (χ1v) is 10.7. The summed E-state index contributed by atoms with van der Waals surface area (Å²) >= 11 is 0. The molecule has 7 heteroatoms. The molecule has 2 aromatic carbocycles. The molecule has 170 valence electrons. The van der Waals surface area contributed by atoms with Crippen molar-refractivity contribution in [3.8, 4) is 22.9 Å². The predicted molar refractivity (Wildman–Crippen MR) is 125 cm³/mol. The molecule has 0 aliphatic rings. The number of pyridine rings is 1. The number of aromatic nitrogens is 1. The van der Waals surface area contributed by atoms with E-state index in [4.69, 9.17) is 14.2 Å². The molecule has 1 heterocycles. The highest BCUT2D eigenvalue weighted by Gasteiger charge is 2.08. The molecule has 0 saturated carbocycles. The lowest BCUT2D eigenvalue weighted by molar-refractivity contribution is -0.00850. The van der Waals surface area contributed by atoms with E-state index in [1.807, 2.05) is 42.5 Å². The lowest BCUT2D eigenvalue weighted by Gasteiger charge is -2.11. The number of amides is 1. The fourth-order valence-electron chi connectivity index (χ4n) is 3.23. The van der Waals surface area contributed by atoms with Crippen LogP contribution in [0.25, 0.3) is 11.1 Å². The summed E-state index contributed by atoms with van der Waals surface area (Å²) in [5.41, 5.74) is 4.17. The quantitative estimate of drug-likeness (QED) is 0.335. The van der Waals surface area contributed by atoms with Gasteiger partial charge in [0.25, 0.3) is 5.91 Å². The van der Waals surface area contributed by atoms with Gasteiger partial charge in [-0.1, -0.05) is 12.1 Å². The smallest absolute Gasteiger partial charge is 0.251 e. The fraction of sp³-hybridized carbons (Fsp3) is 0.269. The van der Waals surface area contributed by atoms with Crippen molar-refractivity contribution in [3.63, 3.8) is 0 Å². The van der Waals surface area contributed by atoms with E-state index in [1.165, 1.54) is 0 Å². The number of nitrogens with zero attached hydrogens (tertiary/aromatic N) is 2. The van der Waals surface area contributed by atoms with E-state index in [9.17, 15) is 10.1 Å². The summed E-state index contributed by atoms with van der Waals surface area (Å²) in [6.45, 7) is 1.57. The van der Waals surface area contributed by atoms with Gasteiger partial charge in [0.2, 0.25) is 0 Å². The van der Waals surface area contributed by atoms with Crippen LogP contribution >= 0.6 is 0 Å². The molecule has 1 aromatic heterocycles. The minimum absolute atomic E-state index is 0.116. The number of benzene rings is 2. The first-order chi connectivity index (χ1) is 16.2. The van der Waals surface area contributed by atoms with E-state index in [1.54, 1.807) is 31.6 Å². The van der Waals surface area contributed by atoms with E-state index in [2.05, 4.69) is 16.4 Å². The summed E-state index contributed by atoms with van der Waals surface area (Å²) in [6.07, 6.45) is 4.83. The standard InChI is InChI=1S/C26H27N3O4/c1-31-15-16-32-19-33-25-9-8-24(18-27)23(17-25)3-2-12-29-26(30)22-6-4-20(5-7-22)21-10-13-28-14-11-21/h4-11,13-14,17H,2-3,12,15-16,19H2,1H3,(H,29,30). The van der Waals surface area contributed by atoms with Gasteiger partial charge in [-0.3, -0.25) is 9.78 Å². The van der Waals surface area contributed by atoms with Crippen LogP contribution in [0.3, 0.4) is 0 Å². The monoisotopic (exact) mass is 445 g/mol. The minimum Gasteiger partial charge on any atom is -0.468 e. The van der Waals surface area contributed by atoms with Crippen molar-refractivity contribution in [2.45, 2.75) is 12.8 Å². The average Bonchev–Trinajstić information content (AvgIpc) is 2.87. The number of nitrogens with one attached hydrogen (secondary N) is 1. The molecule has 1 amide bonds. The maximum atomic E-state index is 12.5. The van der Waals surface area contributed by atoms with E-state index in [-0.39, 0.29) is 12.7 Å². The van der Waals surface area contributed by atoms with Crippen LogP contribution in [-0.4, -0.2) is 44.6 Å². The van der Waals surface area contributed by atoms with Gasteiger partial charge >= 0.3 is 0 Å². The molecule has 3 aromatic rings. The predicted octanol–water partition coefficient (Wildman–Crippen LogP) is 3.98. The van der Waals surface area contributed by atoms with Crippen LogP contribution in [0.1, 0.15) is 27.9 Å². The second-order valence-corrected chi connectivity index (χ2v) is 7.27. The van der Waals surface area contributed by atoms with E-state index >= 15 is 0 Å². The highest BCUT2D eigenvalue weighted by Crippen LogP contribution is 2.20. The Labute approximate surface area is 193 Å². The third-order valence-corrected chi connectivity index (χ3v) is 5.01. The number of rotatable bonds is 12. The fourth-order valence-corrected chi connectivity index (χ4v) is 3.23. The van der Waals surface area contributed by atoms with Crippen LogP contribution in [0, 0.1) is 11.3 Å². The molecule has 0 spiro atoms. The number of hydrogen-bond acceptors (Lipinski definition) is 6. The highest BCUT2D eigenvalue weighted by molar-refractivity contribution is 5.94. The van der Waals surface area contributed by atoms with Crippen molar-refractivity contribution in [1.82, 2.24) is 10.3 Å². The Hall–Kier alpha value is -3.73. The van der Waals surface area contributed by atoms with Crippen molar-refractivity contribution in [2.75, 3.05) is 33.7 Å².